The molecule has 0 atom stereocenters. The van der Waals surface area contributed by atoms with Gasteiger partial charge in [-0.05, 0) is 31.0 Å². The lowest BCUT2D eigenvalue weighted by Gasteiger charge is -2.02. The molecule has 1 aromatic carbocycles. The lowest BCUT2D eigenvalue weighted by molar-refractivity contribution is 1.06. The quantitative estimate of drug-likeness (QED) is 0.587. The van der Waals surface area contributed by atoms with Gasteiger partial charge in [0, 0.05) is 11.6 Å². The number of hydrogen-bond donors (Lipinski definition) is 1. The lowest BCUT2D eigenvalue weighted by Crippen LogP contribution is -2.06. The van der Waals surface area contributed by atoms with Gasteiger partial charge in [0.2, 0.25) is 0 Å². The Labute approximate surface area is 71.6 Å². The lowest BCUT2D eigenvalue weighted by atomic mass is 10.1. The average Bonchev–Trinajstić information content (AvgIpc) is 2.42. The summed E-state index contributed by atoms with van der Waals surface area (Å²) in [6, 6.07) is 6.27. The molecule has 0 aliphatic rings. The molecule has 1 aromatic heterocycles. The number of nitrogen functional groups attached to an aromatic ring is 1. The van der Waals surface area contributed by atoms with Crippen LogP contribution >= 0.6 is 0 Å². The van der Waals surface area contributed by atoms with Crippen molar-refractivity contribution in [1.29, 1.82) is 0 Å². The molecule has 0 bridgehead atoms. The van der Waals surface area contributed by atoms with Crippen molar-refractivity contribution in [2.45, 2.75) is 13.8 Å². The fourth-order valence-electron chi connectivity index (χ4n) is 1.60. The van der Waals surface area contributed by atoms with Crippen LogP contribution in [0.1, 0.15) is 11.1 Å². The van der Waals surface area contributed by atoms with Crippen molar-refractivity contribution in [3.63, 3.8) is 0 Å². The van der Waals surface area contributed by atoms with E-state index >= 15 is 0 Å². The molecule has 0 saturated carbocycles. The van der Waals surface area contributed by atoms with E-state index in [0.29, 0.717) is 0 Å². The van der Waals surface area contributed by atoms with E-state index in [9.17, 15) is 0 Å². The third-order valence-corrected chi connectivity index (χ3v) is 2.30. The van der Waals surface area contributed by atoms with E-state index in [-0.39, 0.29) is 0 Å². The molecule has 1 heterocycles. The Hall–Kier alpha value is -1.44. The highest BCUT2D eigenvalue weighted by atomic mass is 15.3. The summed E-state index contributed by atoms with van der Waals surface area (Å²) in [5.74, 6) is 5.76. The van der Waals surface area contributed by atoms with Crippen LogP contribution < -0.4 is 5.84 Å². The molecule has 0 fully saturated rings. The predicted octanol–water partition coefficient (Wildman–Crippen LogP) is 1.97. The second-order valence-corrected chi connectivity index (χ2v) is 3.18. The number of nitrogens with two attached hydrogens (primary N) is 1. The maximum atomic E-state index is 5.76. The van der Waals surface area contributed by atoms with Gasteiger partial charge in [0.05, 0.1) is 5.52 Å². The number of aryl methyl sites for hydroxylation is 2. The van der Waals surface area contributed by atoms with E-state index in [4.69, 9.17) is 5.84 Å². The van der Waals surface area contributed by atoms with Crippen LogP contribution in [0.2, 0.25) is 0 Å². The van der Waals surface area contributed by atoms with Crippen molar-refractivity contribution in [2.24, 2.45) is 0 Å². The zero-order valence-corrected chi connectivity index (χ0v) is 7.33. The summed E-state index contributed by atoms with van der Waals surface area (Å²) in [5, 5.41) is 1.25. The van der Waals surface area contributed by atoms with Gasteiger partial charge in [-0.2, -0.15) is 0 Å². The minimum atomic E-state index is 1.13. The molecule has 2 N–H and O–H groups in total. The summed E-state index contributed by atoms with van der Waals surface area (Å²) < 4.78 is 1.68. The second-order valence-electron chi connectivity index (χ2n) is 3.18. The van der Waals surface area contributed by atoms with Crippen LogP contribution in [-0.2, 0) is 0 Å². The average molecular weight is 160 g/mol. The molecule has 12 heavy (non-hydrogen) atoms. The second kappa shape index (κ2) is 2.27. The highest BCUT2D eigenvalue weighted by molar-refractivity contribution is 5.86. The molecular weight excluding hydrogens is 148 g/mol. The van der Waals surface area contributed by atoms with Gasteiger partial charge < -0.3 is 5.84 Å². The first-order valence-corrected chi connectivity index (χ1v) is 4.02. The number of aromatic nitrogens is 1. The van der Waals surface area contributed by atoms with Crippen molar-refractivity contribution in [2.75, 3.05) is 5.84 Å². The molecule has 0 aliphatic heterocycles. The fraction of sp³-hybridized carbons (Fsp3) is 0.200. The van der Waals surface area contributed by atoms with E-state index in [1.54, 1.807) is 4.68 Å². The Morgan fingerprint density at radius 3 is 2.42 bits per heavy atom. The van der Waals surface area contributed by atoms with Gasteiger partial charge >= 0.3 is 0 Å². The first-order valence-electron chi connectivity index (χ1n) is 4.02. The van der Waals surface area contributed by atoms with Gasteiger partial charge in [0.25, 0.3) is 0 Å². The van der Waals surface area contributed by atoms with Crippen molar-refractivity contribution in [3.05, 3.63) is 35.5 Å². The Balaban J connectivity index is 2.98. The van der Waals surface area contributed by atoms with Gasteiger partial charge in [-0.25, -0.2) is 0 Å². The predicted molar refractivity (Wildman–Crippen MR) is 51.6 cm³/mol. The number of fused-ring (bicyclic) bond motifs is 1. The number of hydrogen-bond acceptors (Lipinski definition) is 1. The summed E-state index contributed by atoms with van der Waals surface area (Å²) >= 11 is 0. The van der Waals surface area contributed by atoms with Crippen molar-refractivity contribution in [1.82, 2.24) is 4.68 Å². The molecular formula is C10H12N2. The maximum Gasteiger partial charge on any atom is 0.0721 e. The van der Waals surface area contributed by atoms with E-state index in [2.05, 4.69) is 32.0 Å². The normalized spacial score (nSPS) is 10.8. The van der Waals surface area contributed by atoms with Crippen molar-refractivity contribution >= 4 is 10.9 Å². The highest BCUT2D eigenvalue weighted by Crippen LogP contribution is 2.21. The summed E-state index contributed by atoms with van der Waals surface area (Å²) in [7, 11) is 0. The molecule has 0 unspecified atom stereocenters. The number of nitrogens with zero attached hydrogens (tertiary/aromatic N) is 1. The largest absolute Gasteiger partial charge is 0.339 e. The zero-order chi connectivity index (χ0) is 8.72. The Morgan fingerprint density at radius 2 is 1.75 bits per heavy atom. The van der Waals surface area contributed by atoms with Crippen LogP contribution in [0, 0.1) is 13.8 Å². The van der Waals surface area contributed by atoms with E-state index in [1.807, 2.05) is 6.20 Å². The van der Waals surface area contributed by atoms with Crippen LogP contribution in [0.5, 0.6) is 0 Å². The Bertz CT molecular complexity index is 427. The zero-order valence-electron chi connectivity index (χ0n) is 7.33. The molecule has 0 aliphatic carbocycles. The SMILES string of the molecule is Cc1ccc(C)c2c1ccn2N. The topological polar surface area (TPSA) is 30.9 Å². The number of benzene rings is 1. The van der Waals surface area contributed by atoms with E-state index in [1.165, 1.54) is 16.5 Å². The first kappa shape index (κ1) is 7.22. The minimum absolute atomic E-state index is 1.13. The molecule has 0 amide bonds. The van der Waals surface area contributed by atoms with Gasteiger partial charge in [-0.3, -0.25) is 4.68 Å². The molecule has 62 valence electrons. The van der Waals surface area contributed by atoms with Gasteiger partial charge in [0.1, 0.15) is 0 Å². The summed E-state index contributed by atoms with van der Waals surface area (Å²) in [6.07, 6.45) is 1.89. The summed E-state index contributed by atoms with van der Waals surface area (Å²) in [4.78, 5) is 0. The standard InChI is InChI=1S/C10H12N2/c1-7-3-4-8(2)10-9(7)5-6-12(10)11/h3-6H,11H2,1-2H3. The third kappa shape index (κ3) is 0.811. The van der Waals surface area contributed by atoms with Crippen LogP contribution in [-0.4, -0.2) is 4.68 Å². The maximum absolute atomic E-state index is 5.76. The molecule has 0 radical (unpaired) electrons. The first-order chi connectivity index (χ1) is 5.70. The molecule has 2 heteroatoms. The monoisotopic (exact) mass is 160 g/mol. The van der Waals surface area contributed by atoms with E-state index in [0.717, 1.165) is 5.52 Å². The highest BCUT2D eigenvalue weighted by Gasteiger charge is 2.03. The van der Waals surface area contributed by atoms with Crippen LogP contribution in [0.3, 0.4) is 0 Å². The van der Waals surface area contributed by atoms with Crippen molar-refractivity contribution < 1.29 is 0 Å². The molecule has 2 nitrogen and oxygen atoms in total. The van der Waals surface area contributed by atoms with Crippen LogP contribution in [0.4, 0.5) is 0 Å². The van der Waals surface area contributed by atoms with Crippen molar-refractivity contribution in [3.8, 4) is 0 Å². The third-order valence-electron chi connectivity index (χ3n) is 2.30. The Morgan fingerprint density at radius 1 is 1.08 bits per heavy atom. The molecule has 2 rings (SSSR count). The molecule has 0 spiro atoms. The summed E-state index contributed by atoms with van der Waals surface area (Å²) in [6.45, 7) is 4.17. The fourth-order valence-corrected chi connectivity index (χ4v) is 1.60. The molecule has 0 saturated heterocycles. The van der Waals surface area contributed by atoms with Crippen LogP contribution in [0.25, 0.3) is 10.9 Å². The van der Waals surface area contributed by atoms with Gasteiger partial charge in [-0.1, -0.05) is 12.1 Å². The van der Waals surface area contributed by atoms with Gasteiger partial charge in [-0.15, -0.1) is 0 Å². The van der Waals surface area contributed by atoms with Gasteiger partial charge in [0.15, 0.2) is 0 Å². The number of rotatable bonds is 0. The van der Waals surface area contributed by atoms with E-state index < -0.39 is 0 Å². The smallest absolute Gasteiger partial charge is 0.0721 e. The van der Waals surface area contributed by atoms with Crippen LogP contribution in [0.15, 0.2) is 24.4 Å². The summed E-state index contributed by atoms with van der Waals surface area (Å²) in [5.41, 5.74) is 3.64. The minimum Gasteiger partial charge on any atom is -0.339 e. The molecule has 2 aromatic rings. The Kier molecular flexibility index (Phi) is 1.37.